The minimum atomic E-state index is 0.678. The van der Waals surface area contributed by atoms with Crippen molar-refractivity contribution < 1.29 is 0 Å². The predicted octanol–water partition coefficient (Wildman–Crippen LogP) is 6.03. The second-order valence-corrected chi connectivity index (χ2v) is 6.64. The summed E-state index contributed by atoms with van der Waals surface area (Å²) >= 11 is 0. The van der Waals surface area contributed by atoms with Crippen LogP contribution in [0.1, 0.15) is 0 Å². The van der Waals surface area contributed by atoms with Crippen molar-refractivity contribution in [1.29, 1.82) is 0 Å². The van der Waals surface area contributed by atoms with Crippen molar-refractivity contribution in [3.63, 3.8) is 0 Å². The van der Waals surface area contributed by atoms with Gasteiger partial charge in [0, 0.05) is 11.1 Å². The van der Waals surface area contributed by atoms with Crippen LogP contribution in [-0.2, 0) is 0 Å². The molecule has 0 fully saturated rings. The molecule has 0 spiro atoms. The summed E-state index contributed by atoms with van der Waals surface area (Å²) in [6, 6.07) is 33.2. The highest BCUT2D eigenvalue weighted by atomic mass is 15.0. The van der Waals surface area contributed by atoms with Gasteiger partial charge in [0.1, 0.15) is 6.33 Å². The highest BCUT2D eigenvalue weighted by Gasteiger charge is 2.07. The van der Waals surface area contributed by atoms with Crippen LogP contribution in [-0.4, -0.2) is 15.0 Å². The Bertz CT molecular complexity index is 1250. The summed E-state index contributed by atoms with van der Waals surface area (Å²) < 4.78 is 0. The average Bonchev–Trinajstić information content (AvgIpc) is 2.79. The number of hydrogen-bond acceptors (Lipinski definition) is 3. The molecule has 0 atom stereocenters. The van der Waals surface area contributed by atoms with E-state index in [9.17, 15) is 0 Å². The van der Waals surface area contributed by atoms with E-state index in [-0.39, 0.29) is 0 Å². The van der Waals surface area contributed by atoms with E-state index >= 15 is 0 Å². The molecule has 0 aliphatic carbocycles. The Morgan fingerprint density at radius 3 is 1.79 bits per heavy atom. The molecule has 4 aromatic carbocycles. The number of fused-ring (bicyclic) bond motifs is 1. The summed E-state index contributed by atoms with van der Waals surface area (Å²) in [5, 5.41) is 2.38. The fraction of sp³-hybridized carbons (Fsp3) is 0. The van der Waals surface area contributed by atoms with Gasteiger partial charge in [0.25, 0.3) is 0 Å². The minimum absolute atomic E-state index is 0.678. The Morgan fingerprint density at radius 1 is 0.429 bits per heavy atom. The van der Waals surface area contributed by atoms with Gasteiger partial charge in [-0.25, -0.2) is 15.0 Å². The molecule has 5 aromatic rings. The Labute approximate surface area is 163 Å². The molecule has 0 amide bonds. The largest absolute Gasteiger partial charge is 0.217 e. The van der Waals surface area contributed by atoms with Crippen LogP contribution in [0, 0.1) is 0 Å². The zero-order valence-electron chi connectivity index (χ0n) is 15.2. The van der Waals surface area contributed by atoms with Gasteiger partial charge in [-0.15, -0.1) is 0 Å². The highest BCUT2D eigenvalue weighted by molar-refractivity contribution is 5.86. The fourth-order valence-electron chi connectivity index (χ4n) is 3.35. The Kier molecular flexibility index (Phi) is 4.11. The molecule has 0 saturated heterocycles. The second-order valence-electron chi connectivity index (χ2n) is 6.64. The van der Waals surface area contributed by atoms with Crippen molar-refractivity contribution in [2.24, 2.45) is 0 Å². The lowest BCUT2D eigenvalue weighted by Gasteiger charge is -2.06. The number of aromatic nitrogens is 3. The van der Waals surface area contributed by atoms with Crippen molar-refractivity contribution in [2.45, 2.75) is 0 Å². The Balaban J connectivity index is 1.50. The van der Waals surface area contributed by atoms with Crippen LogP contribution in [0.4, 0.5) is 0 Å². The van der Waals surface area contributed by atoms with Gasteiger partial charge in [-0.3, -0.25) is 0 Å². The third-order valence-electron chi connectivity index (χ3n) is 4.83. The zero-order valence-corrected chi connectivity index (χ0v) is 15.2. The van der Waals surface area contributed by atoms with Gasteiger partial charge < -0.3 is 0 Å². The molecular weight excluding hydrogens is 342 g/mol. The van der Waals surface area contributed by atoms with Crippen molar-refractivity contribution in [3.8, 4) is 33.9 Å². The SMILES string of the molecule is c1ccc(-c2ccc(-c3ncnc(-c4ccc5ccccc5c4)n3)cc2)cc1. The molecule has 0 unspecified atom stereocenters. The summed E-state index contributed by atoms with van der Waals surface area (Å²) in [6.45, 7) is 0. The summed E-state index contributed by atoms with van der Waals surface area (Å²) in [5.41, 5.74) is 4.34. The smallest absolute Gasteiger partial charge is 0.163 e. The normalized spacial score (nSPS) is 10.9. The monoisotopic (exact) mass is 359 g/mol. The summed E-state index contributed by atoms with van der Waals surface area (Å²) in [7, 11) is 0. The van der Waals surface area contributed by atoms with Crippen molar-refractivity contribution in [2.75, 3.05) is 0 Å². The Hall–Kier alpha value is -3.85. The summed E-state index contributed by atoms with van der Waals surface area (Å²) in [6.07, 6.45) is 1.58. The van der Waals surface area contributed by atoms with Crippen LogP contribution < -0.4 is 0 Å². The predicted molar refractivity (Wildman–Crippen MR) is 114 cm³/mol. The van der Waals surface area contributed by atoms with Crippen LogP contribution >= 0.6 is 0 Å². The van der Waals surface area contributed by atoms with Gasteiger partial charge in [-0.1, -0.05) is 91.0 Å². The lowest BCUT2D eigenvalue weighted by atomic mass is 10.0. The highest BCUT2D eigenvalue weighted by Crippen LogP contribution is 2.25. The first-order chi connectivity index (χ1) is 13.9. The number of rotatable bonds is 3. The molecule has 5 rings (SSSR count). The molecule has 0 N–H and O–H groups in total. The second kappa shape index (κ2) is 7.05. The molecule has 1 heterocycles. The topological polar surface area (TPSA) is 38.7 Å². The maximum atomic E-state index is 4.70. The van der Waals surface area contributed by atoms with E-state index in [1.807, 2.05) is 30.3 Å². The lowest BCUT2D eigenvalue weighted by molar-refractivity contribution is 1.07. The molecule has 1 aromatic heterocycles. The van der Waals surface area contributed by atoms with Crippen LogP contribution in [0.15, 0.2) is 103 Å². The van der Waals surface area contributed by atoms with Gasteiger partial charge >= 0.3 is 0 Å². The van der Waals surface area contributed by atoms with Crippen LogP contribution in [0.5, 0.6) is 0 Å². The van der Waals surface area contributed by atoms with Gasteiger partial charge in [0.2, 0.25) is 0 Å². The van der Waals surface area contributed by atoms with E-state index in [1.165, 1.54) is 21.9 Å². The van der Waals surface area contributed by atoms with E-state index in [2.05, 4.69) is 76.7 Å². The third kappa shape index (κ3) is 3.14. The van der Waals surface area contributed by atoms with E-state index < -0.39 is 0 Å². The molecule has 0 bridgehead atoms. The molecule has 0 aliphatic heterocycles. The molecular formula is C25H17N3. The maximum absolute atomic E-state index is 4.70. The van der Waals surface area contributed by atoms with Gasteiger partial charge in [-0.2, -0.15) is 0 Å². The molecule has 3 heteroatoms. The van der Waals surface area contributed by atoms with Crippen molar-refractivity contribution in [3.05, 3.63) is 103 Å². The van der Waals surface area contributed by atoms with E-state index in [0.29, 0.717) is 11.6 Å². The quantitative estimate of drug-likeness (QED) is 0.395. The van der Waals surface area contributed by atoms with E-state index in [1.54, 1.807) is 6.33 Å². The molecule has 28 heavy (non-hydrogen) atoms. The van der Waals surface area contributed by atoms with Crippen LogP contribution in [0.2, 0.25) is 0 Å². The fourth-order valence-corrected chi connectivity index (χ4v) is 3.35. The zero-order chi connectivity index (χ0) is 18.8. The van der Waals surface area contributed by atoms with Gasteiger partial charge in [0.15, 0.2) is 11.6 Å². The molecule has 132 valence electrons. The average molecular weight is 359 g/mol. The summed E-state index contributed by atoms with van der Waals surface area (Å²) in [4.78, 5) is 13.5. The maximum Gasteiger partial charge on any atom is 0.163 e. The van der Waals surface area contributed by atoms with Crippen LogP contribution in [0.25, 0.3) is 44.7 Å². The first-order valence-corrected chi connectivity index (χ1v) is 9.21. The molecule has 3 nitrogen and oxygen atoms in total. The third-order valence-corrected chi connectivity index (χ3v) is 4.83. The molecule has 0 radical (unpaired) electrons. The van der Waals surface area contributed by atoms with Gasteiger partial charge in [-0.05, 0) is 28.0 Å². The number of hydrogen-bond donors (Lipinski definition) is 0. The van der Waals surface area contributed by atoms with Crippen molar-refractivity contribution in [1.82, 2.24) is 15.0 Å². The first-order valence-electron chi connectivity index (χ1n) is 9.21. The van der Waals surface area contributed by atoms with E-state index in [0.717, 1.165) is 11.1 Å². The molecule has 0 aliphatic rings. The first kappa shape index (κ1) is 16.3. The number of benzene rings is 4. The standard InChI is InChI=1S/C25H17N3/c1-2-6-18(7-3-1)20-10-13-21(14-11-20)24-26-17-27-25(28-24)23-15-12-19-8-4-5-9-22(19)16-23/h1-17H. The molecule has 0 saturated carbocycles. The lowest BCUT2D eigenvalue weighted by Crippen LogP contribution is -1.95. The van der Waals surface area contributed by atoms with Gasteiger partial charge in [0.05, 0.1) is 0 Å². The minimum Gasteiger partial charge on any atom is -0.217 e. The number of nitrogens with zero attached hydrogens (tertiary/aromatic N) is 3. The Morgan fingerprint density at radius 2 is 1.00 bits per heavy atom. The summed E-state index contributed by atoms with van der Waals surface area (Å²) in [5.74, 6) is 1.36. The van der Waals surface area contributed by atoms with Crippen LogP contribution in [0.3, 0.4) is 0 Å². The van der Waals surface area contributed by atoms with E-state index in [4.69, 9.17) is 4.98 Å². The van der Waals surface area contributed by atoms with Crippen molar-refractivity contribution >= 4 is 10.8 Å².